The lowest BCUT2D eigenvalue weighted by molar-refractivity contribution is 0.269. The van der Waals surface area contributed by atoms with Crippen molar-refractivity contribution in [3.63, 3.8) is 0 Å². The van der Waals surface area contributed by atoms with Gasteiger partial charge in [-0.15, -0.1) is 0 Å². The van der Waals surface area contributed by atoms with Crippen molar-refractivity contribution in [2.24, 2.45) is 0 Å². The van der Waals surface area contributed by atoms with Gasteiger partial charge >= 0.3 is 0 Å². The van der Waals surface area contributed by atoms with Gasteiger partial charge in [-0.25, -0.2) is 0 Å². The molecule has 0 saturated heterocycles. The fourth-order valence-corrected chi connectivity index (χ4v) is 3.87. The fourth-order valence-electron chi connectivity index (χ4n) is 3.07. The molecule has 0 fully saturated rings. The third kappa shape index (κ3) is 5.83. The van der Waals surface area contributed by atoms with Crippen LogP contribution in [0.2, 0.25) is 15.1 Å². The van der Waals surface area contributed by atoms with E-state index in [0.717, 1.165) is 5.56 Å². The summed E-state index contributed by atoms with van der Waals surface area (Å²) < 4.78 is 11.8. The molecule has 0 aliphatic carbocycles. The zero-order valence-electron chi connectivity index (χ0n) is 16.9. The monoisotopic (exact) mass is 463 g/mol. The van der Waals surface area contributed by atoms with E-state index < -0.39 is 0 Å². The van der Waals surface area contributed by atoms with Gasteiger partial charge in [0.2, 0.25) is 0 Å². The minimum Gasteiger partial charge on any atom is -0.490 e. The van der Waals surface area contributed by atoms with Gasteiger partial charge in [-0.3, -0.25) is 0 Å². The average Bonchev–Trinajstić information content (AvgIpc) is 2.74. The summed E-state index contributed by atoms with van der Waals surface area (Å²) in [6, 6.07) is 19.7. The maximum Gasteiger partial charge on any atom is 0.180 e. The van der Waals surface area contributed by atoms with Gasteiger partial charge < -0.3 is 14.8 Å². The van der Waals surface area contributed by atoms with Crippen LogP contribution in [0.4, 0.5) is 0 Å². The van der Waals surface area contributed by atoms with Gasteiger partial charge in [-0.05, 0) is 49.2 Å². The molecule has 0 amide bonds. The normalized spacial score (nSPS) is 11.9. The second-order valence-corrected chi connectivity index (χ2v) is 8.06. The van der Waals surface area contributed by atoms with Crippen LogP contribution in [0.25, 0.3) is 0 Å². The lowest BCUT2D eigenvalue weighted by Crippen LogP contribution is -2.18. The number of hydrogen-bond donors (Lipinski definition) is 1. The highest BCUT2D eigenvalue weighted by atomic mass is 35.5. The number of halogens is 3. The largest absolute Gasteiger partial charge is 0.490 e. The lowest BCUT2D eigenvalue weighted by Gasteiger charge is -2.18. The van der Waals surface area contributed by atoms with E-state index in [4.69, 9.17) is 44.3 Å². The third-order valence-electron chi connectivity index (χ3n) is 4.70. The first-order valence-corrected chi connectivity index (χ1v) is 10.9. The molecule has 3 aromatic rings. The molecule has 0 bridgehead atoms. The Morgan fingerprint density at radius 2 is 1.57 bits per heavy atom. The lowest BCUT2D eigenvalue weighted by atomic mass is 10.1. The molecular weight excluding hydrogens is 441 g/mol. The van der Waals surface area contributed by atoms with Crippen LogP contribution in [-0.2, 0) is 13.2 Å². The number of ether oxygens (including phenoxy) is 2. The van der Waals surface area contributed by atoms with Gasteiger partial charge in [0.15, 0.2) is 11.5 Å². The minimum atomic E-state index is 0.195. The van der Waals surface area contributed by atoms with Crippen LogP contribution >= 0.6 is 34.8 Å². The molecule has 0 aromatic heterocycles. The number of hydrogen-bond acceptors (Lipinski definition) is 3. The topological polar surface area (TPSA) is 30.5 Å². The molecule has 1 N–H and O–H groups in total. The van der Waals surface area contributed by atoms with E-state index in [9.17, 15) is 0 Å². The summed E-state index contributed by atoms with van der Waals surface area (Å²) in [6.45, 7) is 5.39. The summed E-state index contributed by atoms with van der Waals surface area (Å²) in [5.41, 5.74) is 2.95. The molecule has 0 spiro atoms. The standard InChI is InChI=1S/C24H24Cl3NO2/c1-3-29-23-13-17(14-28-16(2)18-8-5-4-6-9-18)12-22(27)24(23)30-15-19-20(25)10-7-11-21(19)26/h4-13,16,28H,3,14-15H2,1-2H3. The summed E-state index contributed by atoms with van der Waals surface area (Å²) in [6.07, 6.45) is 0. The van der Waals surface area contributed by atoms with Crippen LogP contribution in [-0.4, -0.2) is 6.61 Å². The molecule has 3 nitrogen and oxygen atoms in total. The Labute approximate surface area is 192 Å². The highest BCUT2D eigenvalue weighted by molar-refractivity contribution is 6.36. The Kier molecular flexibility index (Phi) is 8.29. The Morgan fingerprint density at radius 1 is 0.867 bits per heavy atom. The van der Waals surface area contributed by atoms with Crippen LogP contribution < -0.4 is 14.8 Å². The minimum absolute atomic E-state index is 0.195. The molecule has 0 heterocycles. The SMILES string of the molecule is CCOc1cc(CNC(C)c2ccccc2)cc(Cl)c1OCc1c(Cl)cccc1Cl. The molecule has 30 heavy (non-hydrogen) atoms. The summed E-state index contributed by atoms with van der Waals surface area (Å²) in [5.74, 6) is 1.08. The Morgan fingerprint density at radius 3 is 2.23 bits per heavy atom. The quantitative estimate of drug-likeness (QED) is 0.356. The van der Waals surface area contributed by atoms with E-state index in [2.05, 4.69) is 24.4 Å². The zero-order chi connectivity index (χ0) is 21.5. The first-order chi connectivity index (χ1) is 14.5. The van der Waals surface area contributed by atoms with E-state index in [1.807, 2.05) is 37.3 Å². The molecular formula is C24H24Cl3NO2. The highest BCUT2D eigenvalue weighted by Crippen LogP contribution is 2.38. The first-order valence-electron chi connectivity index (χ1n) is 9.78. The van der Waals surface area contributed by atoms with Crippen molar-refractivity contribution < 1.29 is 9.47 Å². The molecule has 0 saturated carbocycles. The van der Waals surface area contributed by atoms with Crippen molar-refractivity contribution in [3.05, 3.63) is 92.4 Å². The maximum absolute atomic E-state index is 6.55. The van der Waals surface area contributed by atoms with Crippen molar-refractivity contribution >= 4 is 34.8 Å². The summed E-state index contributed by atoms with van der Waals surface area (Å²) >= 11 is 19.0. The summed E-state index contributed by atoms with van der Waals surface area (Å²) in [5, 5.41) is 5.09. The second kappa shape index (κ2) is 10.9. The van der Waals surface area contributed by atoms with Crippen molar-refractivity contribution in [2.45, 2.75) is 33.0 Å². The smallest absolute Gasteiger partial charge is 0.180 e. The molecule has 0 aliphatic heterocycles. The van der Waals surface area contributed by atoms with Gasteiger partial charge in [-0.2, -0.15) is 0 Å². The van der Waals surface area contributed by atoms with Gasteiger partial charge in [-0.1, -0.05) is 71.2 Å². The number of nitrogens with one attached hydrogen (secondary N) is 1. The van der Waals surface area contributed by atoms with E-state index in [0.29, 0.717) is 45.3 Å². The molecule has 3 aromatic carbocycles. The second-order valence-electron chi connectivity index (χ2n) is 6.84. The number of benzene rings is 3. The maximum atomic E-state index is 6.55. The van der Waals surface area contributed by atoms with Crippen LogP contribution in [0.5, 0.6) is 11.5 Å². The molecule has 1 atom stereocenters. The molecule has 1 unspecified atom stereocenters. The van der Waals surface area contributed by atoms with E-state index in [1.165, 1.54) is 5.56 Å². The zero-order valence-corrected chi connectivity index (χ0v) is 19.2. The van der Waals surface area contributed by atoms with Crippen molar-refractivity contribution in [3.8, 4) is 11.5 Å². The molecule has 0 radical (unpaired) electrons. The van der Waals surface area contributed by atoms with E-state index >= 15 is 0 Å². The van der Waals surface area contributed by atoms with E-state index in [1.54, 1.807) is 18.2 Å². The summed E-state index contributed by atoms with van der Waals surface area (Å²) in [4.78, 5) is 0. The van der Waals surface area contributed by atoms with Crippen LogP contribution in [0.1, 0.15) is 36.6 Å². The molecule has 3 rings (SSSR count). The predicted molar refractivity (Wildman–Crippen MR) is 125 cm³/mol. The third-order valence-corrected chi connectivity index (χ3v) is 5.69. The van der Waals surface area contributed by atoms with Crippen molar-refractivity contribution in [1.82, 2.24) is 5.32 Å². The van der Waals surface area contributed by atoms with Gasteiger partial charge in [0, 0.05) is 28.2 Å². The predicted octanol–water partition coefficient (Wildman–Crippen LogP) is 7.48. The van der Waals surface area contributed by atoms with Crippen LogP contribution in [0.3, 0.4) is 0 Å². The van der Waals surface area contributed by atoms with Crippen molar-refractivity contribution in [2.75, 3.05) is 6.61 Å². The van der Waals surface area contributed by atoms with Gasteiger partial charge in [0.05, 0.1) is 11.6 Å². The molecule has 158 valence electrons. The van der Waals surface area contributed by atoms with Gasteiger partial charge in [0.1, 0.15) is 6.61 Å². The number of rotatable bonds is 9. The Bertz CT molecular complexity index is 959. The Hall–Kier alpha value is -1.91. The average molecular weight is 465 g/mol. The summed E-state index contributed by atoms with van der Waals surface area (Å²) in [7, 11) is 0. The van der Waals surface area contributed by atoms with Gasteiger partial charge in [0.25, 0.3) is 0 Å². The highest BCUT2D eigenvalue weighted by Gasteiger charge is 2.15. The van der Waals surface area contributed by atoms with Crippen molar-refractivity contribution in [1.29, 1.82) is 0 Å². The molecule has 6 heteroatoms. The first kappa shape index (κ1) is 22.8. The molecule has 0 aliphatic rings. The van der Waals surface area contributed by atoms with Crippen LogP contribution in [0, 0.1) is 0 Å². The Balaban J connectivity index is 1.75. The van der Waals surface area contributed by atoms with E-state index in [-0.39, 0.29) is 12.6 Å². The van der Waals surface area contributed by atoms with Crippen LogP contribution in [0.15, 0.2) is 60.7 Å². The fraction of sp³-hybridized carbons (Fsp3) is 0.250.